The average Bonchev–Trinajstić information content (AvgIpc) is 3.06. The molecule has 0 bridgehead atoms. The molecule has 0 spiro atoms. The minimum absolute atomic E-state index is 0.834. The number of pyridine rings is 1. The van der Waals surface area contributed by atoms with Crippen LogP contribution < -0.4 is 9.64 Å². The van der Waals surface area contributed by atoms with Gasteiger partial charge < -0.3 is 14.2 Å². The quantitative estimate of drug-likeness (QED) is 0.723. The maximum absolute atomic E-state index is 5.51. The van der Waals surface area contributed by atoms with E-state index in [0.29, 0.717) is 0 Å². The molecule has 1 fully saturated rings. The first-order valence-corrected chi connectivity index (χ1v) is 9.03. The van der Waals surface area contributed by atoms with Crippen LogP contribution in [0.5, 0.6) is 5.75 Å². The highest BCUT2D eigenvalue weighted by Gasteiger charge is 2.21. The van der Waals surface area contributed by atoms with E-state index in [1.165, 1.54) is 5.69 Å². The summed E-state index contributed by atoms with van der Waals surface area (Å²) in [6.07, 6.45) is 3.87. The van der Waals surface area contributed by atoms with Crippen LogP contribution in [0.25, 0.3) is 10.9 Å². The van der Waals surface area contributed by atoms with Crippen molar-refractivity contribution in [2.45, 2.75) is 13.5 Å². The fraction of sp³-hybridized carbons (Fsp3) is 0.400. The van der Waals surface area contributed by atoms with Crippen molar-refractivity contribution in [1.82, 2.24) is 19.4 Å². The van der Waals surface area contributed by atoms with E-state index in [4.69, 9.17) is 9.72 Å². The summed E-state index contributed by atoms with van der Waals surface area (Å²) in [5.41, 5.74) is 3.22. The Morgan fingerprint density at radius 3 is 2.65 bits per heavy atom. The topological polar surface area (TPSA) is 46.4 Å². The van der Waals surface area contributed by atoms with Gasteiger partial charge in [-0.25, -0.2) is 9.97 Å². The Kier molecular flexibility index (Phi) is 4.51. The summed E-state index contributed by atoms with van der Waals surface area (Å²) >= 11 is 0. The fourth-order valence-electron chi connectivity index (χ4n) is 3.65. The van der Waals surface area contributed by atoms with E-state index in [0.717, 1.165) is 60.9 Å². The molecule has 26 heavy (non-hydrogen) atoms. The van der Waals surface area contributed by atoms with Crippen molar-refractivity contribution in [3.8, 4) is 5.75 Å². The third-order valence-electron chi connectivity index (χ3n) is 5.13. The lowest BCUT2D eigenvalue weighted by Gasteiger charge is -2.36. The monoisotopic (exact) mass is 351 g/mol. The second kappa shape index (κ2) is 6.96. The molecule has 0 radical (unpaired) electrons. The van der Waals surface area contributed by atoms with Gasteiger partial charge in [-0.2, -0.15) is 0 Å². The molecule has 0 aliphatic carbocycles. The van der Waals surface area contributed by atoms with Crippen molar-refractivity contribution in [3.05, 3.63) is 48.2 Å². The van der Waals surface area contributed by atoms with Crippen LogP contribution in [0.15, 0.2) is 36.7 Å². The first kappa shape index (κ1) is 16.8. The van der Waals surface area contributed by atoms with Crippen LogP contribution in [0.3, 0.4) is 0 Å². The van der Waals surface area contributed by atoms with E-state index in [9.17, 15) is 0 Å². The van der Waals surface area contributed by atoms with Gasteiger partial charge in [0.05, 0.1) is 13.7 Å². The maximum Gasteiger partial charge on any atom is 0.145 e. The second-order valence-corrected chi connectivity index (χ2v) is 6.86. The van der Waals surface area contributed by atoms with Gasteiger partial charge in [0.1, 0.15) is 17.1 Å². The lowest BCUT2D eigenvalue weighted by atomic mass is 10.1. The van der Waals surface area contributed by atoms with Crippen LogP contribution in [-0.2, 0) is 13.6 Å². The summed E-state index contributed by atoms with van der Waals surface area (Å²) in [5.74, 6) is 1.95. The van der Waals surface area contributed by atoms with Gasteiger partial charge >= 0.3 is 0 Å². The van der Waals surface area contributed by atoms with E-state index in [-0.39, 0.29) is 0 Å². The van der Waals surface area contributed by atoms with E-state index in [1.807, 2.05) is 31.5 Å². The normalized spacial score (nSPS) is 15.6. The Labute approximate surface area is 154 Å². The van der Waals surface area contributed by atoms with Gasteiger partial charge in [-0.3, -0.25) is 4.90 Å². The number of anilines is 1. The summed E-state index contributed by atoms with van der Waals surface area (Å²) in [6.45, 7) is 7.01. The Hall–Kier alpha value is -2.60. The van der Waals surface area contributed by atoms with Gasteiger partial charge in [-0.1, -0.05) is 12.1 Å². The van der Waals surface area contributed by atoms with Gasteiger partial charge in [0.2, 0.25) is 0 Å². The number of hydrogen-bond acceptors (Lipinski definition) is 5. The first-order chi connectivity index (χ1) is 12.7. The molecule has 0 amide bonds. The summed E-state index contributed by atoms with van der Waals surface area (Å²) < 4.78 is 7.61. The summed E-state index contributed by atoms with van der Waals surface area (Å²) in [6, 6.07) is 8.35. The predicted molar refractivity (Wildman–Crippen MR) is 104 cm³/mol. The van der Waals surface area contributed by atoms with Gasteiger partial charge in [0.15, 0.2) is 0 Å². The second-order valence-electron chi connectivity index (χ2n) is 6.86. The van der Waals surface area contributed by atoms with Crippen molar-refractivity contribution >= 4 is 16.6 Å². The zero-order valence-electron chi connectivity index (χ0n) is 15.6. The van der Waals surface area contributed by atoms with Gasteiger partial charge in [-0.15, -0.1) is 0 Å². The van der Waals surface area contributed by atoms with Crippen LogP contribution in [0.1, 0.15) is 11.5 Å². The Balaban J connectivity index is 1.55. The van der Waals surface area contributed by atoms with E-state index in [2.05, 4.69) is 38.5 Å². The van der Waals surface area contributed by atoms with Crippen molar-refractivity contribution in [3.63, 3.8) is 0 Å². The molecule has 0 atom stereocenters. The smallest absolute Gasteiger partial charge is 0.145 e. The Morgan fingerprint density at radius 2 is 1.96 bits per heavy atom. The molecule has 6 nitrogen and oxygen atoms in total. The molecule has 4 rings (SSSR count). The van der Waals surface area contributed by atoms with Crippen LogP contribution in [-0.4, -0.2) is 52.7 Å². The van der Waals surface area contributed by atoms with Crippen molar-refractivity contribution in [1.29, 1.82) is 0 Å². The van der Waals surface area contributed by atoms with Crippen molar-refractivity contribution < 1.29 is 4.74 Å². The van der Waals surface area contributed by atoms with Gasteiger partial charge in [0, 0.05) is 62.4 Å². The number of fused-ring (bicyclic) bond motifs is 1. The molecule has 3 aromatic rings. The first-order valence-electron chi connectivity index (χ1n) is 9.03. The number of rotatable bonds is 4. The SMILES string of the molecule is COc1cccc2c(N3CCN(Cc4nccn4C)CC3)cc(C)nc12. The highest BCUT2D eigenvalue weighted by Crippen LogP contribution is 2.32. The summed E-state index contributed by atoms with van der Waals surface area (Å²) in [4.78, 5) is 14.1. The minimum atomic E-state index is 0.834. The largest absolute Gasteiger partial charge is 0.494 e. The highest BCUT2D eigenvalue weighted by atomic mass is 16.5. The maximum atomic E-state index is 5.51. The third kappa shape index (κ3) is 3.12. The number of para-hydroxylation sites is 1. The average molecular weight is 351 g/mol. The zero-order chi connectivity index (χ0) is 18.1. The Bertz CT molecular complexity index is 912. The molecule has 0 N–H and O–H groups in total. The molecular weight excluding hydrogens is 326 g/mol. The number of ether oxygens (including phenoxy) is 1. The number of aryl methyl sites for hydroxylation is 2. The molecule has 1 saturated heterocycles. The predicted octanol–water partition coefficient (Wildman–Crippen LogP) is 2.61. The van der Waals surface area contributed by atoms with Crippen LogP contribution in [0.2, 0.25) is 0 Å². The van der Waals surface area contributed by atoms with Crippen LogP contribution in [0, 0.1) is 6.92 Å². The fourth-order valence-corrected chi connectivity index (χ4v) is 3.65. The minimum Gasteiger partial charge on any atom is -0.494 e. The molecule has 1 aromatic carbocycles. The molecule has 2 aromatic heterocycles. The van der Waals surface area contributed by atoms with E-state index < -0.39 is 0 Å². The van der Waals surface area contributed by atoms with Crippen molar-refractivity contribution in [2.75, 3.05) is 38.2 Å². The number of hydrogen-bond donors (Lipinski definition) is 0. The lowest BCUT2D eigenvalue weighted by molar-refractivity contribution is 0.242. The third-order valence-corrected chi connectivity index (χ3v) is 5.13. The lowest BCUT2D eigenvalue weighted by Crippen LogP contribution is -2.46. The van der Waals surface area contributed by atoms with Crippen LogP contribution >= 0.6 is 0 Å². The summed E-state index contributed by atoms with van der Waals surface area (Å²) in [5, 5.41) is 1.16. The summed E-state index contributed by atoms with van der Waals surface area (Å²) in [7, 11) is 3.76. The number of aromatic nitrogens is 3. The zero-order valence-corrected chi connectivity index (χ0v) is 15.6. The molecule has 1 aliphatic heterocycles. The van der Waals surface area contributed by atoms with E-state index in [1.54, 1.807) is 7.11 Å². The number of imidazole rings is 1. The highest BCUT2D eigenvalue weighted by molar-refractivity contribution is 5.95. The van der Waals surface area contributed by atoms with Crippen LogP contribution in [0.4, 0.5) is 5.69 Å². The Morgan fingerprint density at radius 1 is 1.15 bits per heavy atom. The van der Waals surface area contributed by atoms with Gasteiger partial charge in [-0.05, 0) is 19.1 Å². The number of methoxy groups -OCH3 is 1. The standard InChI is InChI=1S/C20H25N5O/c1-15-13-17(16-5-4-6-18(26-3)20(16)22-15)25-11-9-24(10-12-25)14-19-21-7-8-23(19)2/h4-8,13H,9-12,14H2,1-3H3. The number of benzene rings is 1. The molecule has 0 unspecified atom stereocenters. The molecule has 1 aliphatic rings. The van der Waals surface area contributed by atoms with Crippen molar-refractivity contribution in [2.24, 2.45) is 7.05 Å². The molecule has 3 heterocycles. The molecule has 6 heteroatoms. The number of piperazine rings is 1. The van der Waals surface area contributed by atoms with Gasteiger partial charge in [0.25, 0.3) is 0 Å². The van der Waals surface area contributed by atoms with E-state index >= 15 is 0 Å². The molecule has 136 valence electrons. The molecule has 0 saturated carbocycles. The molecular formula is C20H25N5O. The number of nitrogens with zero attached hydrogens (tertiary/aromatic N) is 5.